The van der Waals surface area contributed by atoms with Crippen LogP contribution in [-0.2, 0) is 5.41 Å². The van der Waals surface area contributed by atoms with Gasteiger partial charge in [-0.15, -0.1) is 0 Å². The van der Waals surface area contributed by atoms with Crippen LogP contribution in [0.2, 0.25) is 0 Å². The maximum absolute atomic E-state index is 5.80. The highest BCUT2D eigenvalue weighted by molar-refractivity contribution is 5.45. The minimum Gasteiger partial charge on any atom is -0.490 e. The summed E-state index contributed by atoms with van der Waals surface area (Å²) < 4.78 is 11.5. The van der Waals surface area contributed by atoms with Crippen molar-refractivity contribution in [1.29, 1.82) is 0 Å². The molecule has 1 aromatic rings. The van der Waals surface area contributed by atoms with Crippen molar-refractivity contribution < 1.29 is 9.47 Å². The summed E-state index contributed by atoms with van der Waals surface area (Å²) in [6, 6.07) is 6.88. The Hall–Kier alpha value is -1.22. The van der Waals surface area contributed by atoms with Crippen molar-refractivity contribution in [3.8, 4) is 11.5 Å². The number of hydrogen-bond donors (Lipinski definition) is 1. The lowest BCUT2D eigenvalue weighted by Gasteiger charge is -2.29. The number of ether oxygens (including phenoxy) is 2. The van der Waals surface area contributed by atoms with Crippen LogP contribution in [0.3, 0.4) is 0 Å². The van der Waals surface area contributed by atoms with E-state index in [1.54, 1.807) is 0 Å². The molecule has 1 heterocycles. The molecule has 2 rings (SSSR count). The van der Waals surface area contributed by atoms with E-state index in [0.717, 1.165) is 44.1 Å². The summed E-state index contributed by atoms with van der Waals surface area (Å²) in [5.74, 6) is 1.77. The van der Waals surface area contributed by atoms with Crippen molar-refractivity contribution in [2.24, 2.45) is 0 Å². The Bertz CT molecular complexity index is 443. The van der Waals surface area contributed by atoms with Gasteiger partial charge >= 0.3 is 0 Å². The van der Waals surface area contributed by atoms with E-state index >= 15 is 0 Å². The zero-order valence-electron chi connectivity index (χ0n) is 13.2. The predicted octanol–water partition coefficient (Wildman–Crippen LogP) is 3.51. The van der Waals surface area contributed by atoms with Crippen LogP contribution in [0.1, 0.15) is 46.1 Å². The topological polar surface area (TPSA) is 30.5 Å². The van der Waals surface area contributed by atoms with Crippen LogP contribution in [0.5, 0.6) is 11.5 Å². The summed E-state index contributed by atoms with van der Waals surface area (Å²) in [6.07, 6.45) is 2.05. The van der Waals surface area contributed by atoms with E-state index in [1.807, 2.05) is 0 Å². The van der Waals surface area contributed by atoms with E-state index < -0.39 is 0 Å². The minimum absolute atomic E-state index is 0.117. The number of fused-ring (bicyclic) bond motifs is 1. The summed E-state index contributed by atoms with van der Waals surface area (Å²) >= 11 is 0. The van der Waals surface area contributed by atoms with Gasteiger partial charge in [0.05, 0.1) is 13.2 Å². The lowest BCUT2D eigenvalue weighted by atomic mass is 9.79. The maximum Gasteiger partial charge on any atom is 0.161 e. The van der Waals surface area contributed by atoms with Crippen LogP contribution in [0.25, 0.3) is 0 Å². The van der Waals surface area contributed by atoms with E-state index in [1.165, 1.54) is 5.56 Å². The molecule has 3 nitrogen and oxygen atoms in total. The molecule has 112 valence electrons. The largest absolute Gasteiger partial charge is 0.490 e. The molecule has 0 saturated carbocycles. The molecular weight excluding hydrogens is 250 g/mol. The number of rotatable bonds is 5. The Morgan fingerprint density at radius 1 is 1.20 bits per heavy atom. The van der Waals surface area contributed by atoms with Gasteiger partial charge in [-0.05, 0) is 43.0 Å². The Balaban J connectivity index is 2.17. The summed E-state index contributed by atoms with van der Waals surface area (Å²) in [4.78, 5) is 0. The second-order valence-corrected chi connectivity index (χ2v) is 6.26. The minimum atomic E-state index is 0.117. The molecule has 1 unspecified atom stereocenters. The van der Waals surface area contributed by atoms with Gasteiger partial charge in [0, 0.05) is 12.5 Å². The summed E-state index contributed by atoms with van der Waals surface area (Å²) in [6.45, 7) is 11.5. The molecule has 0 bridgehead atoms. The van der Waals surface area contributed by atoms with Crippen molar-refractivity contribution in [3.63, 3.8) is 0 Å². The Labute approximate surface area is 122 Å². The second kappa shape index (κ2) is 6.49. The van der Waals surface area contributed by atoms with Gasteiger partial charge in [-0.2, -0.15) is 0 Å². The molecule has 1 aliphatic rings. The van der Waals surface area contributed by atoms with E-state index in [4.69, 9.17) is 9.47 Å². The first-order valence-corrected chi connectivity index (χ1v) is 7.66. The molecule has 0 fully saturated rings. The first kappa shape index (κ1) is 15.2. The van der Waals surface area contributed by atoms with Gasteiger partial charge in [-0.3, -0.25) is 0 Å². The van der Waals surface area contributed by atoms with Crippen molar-refractivity contribution in [2.45, 2.75) is 52.0 Å². The highest BCUT2D eigenvalue weighted by atomic mass is 16.5. The number of nitrogens with one attached hydrogen (secondary N) is 1. The summed E-state index contributed by atoms with van der Waals surface area (Å²) in [5.41, 5.74) is 1.43. The average molecular weight is 277 g/mol. The van der Waals surface area contributed by atoms with Gasteiger partial charge in [-0.1, -0.05) is 26.8 Å². The van der Waals surface area contributed by atoms with Crippen LogP contribution in [-0.4, -0.2) is 25.8 Å². The van der Waals surface area contributed by atoms with Crippen LogP contribution < -0.4 is 14.8 Å². The number of benzene rings is 1. The number of hydrogen-bond acceptors (Lipinski definition) is 3. The van der Waals surface area contributed by atoms with Crippen LogP contribution in [0.15, 0.2) is 18.2 Å². The molecule has 1 N–H and O–H groups in total. The fourth-order valence-corrected chi connectivity index (χ4v) is 2.89. The lowest BCUT2D eigenvalue weighted by molar-refractivity contribution is 0.296. The average Bonchev–Trinajstić information content (AvgIpc) is 2.62. The quantitative estimate of drug-likeness (QED) is 0.893. The fourth-order valence-electron chi connectivity index (χ4n) is 2.89. The van der Waals surface area contributed by atoms with Crippen molar-refractivity contribution in [3.05, 3.63) is 23.8 Å². The summed E-state index contributed by atoms with van der Waals surface area (Å²) in [7, 11) is 0. The molecule has 0 aliphatic carbocycles. The highest BCUT2D eigenvalue weighted by Gasteiger charge is 2.25. The van der Waals surface area contributed by atoms with Gasteiger partial charge in [0.15, 0.2) is 11.5 Å². The molecule has 3 heteroatoms. The molecule has 0 saturated heterocycles. The Morgan fingerprint density at radius 2 is 1.90 bits per heavy atom. The molecular formula is C17H27NO2. The zero-order chi connectivity index (χ0) is 14.6. The lowest BCUT2D eigenvalue weighted by Crippen LogP contribution is -2.33. The van der Waals surface area contributed by atoms with Crippen molar-refractivity contribution in [2.75, 3.05) is 19.8 Å². The van der Waals surface area contributed by atoms with Crippen LogP contribution in [0.4, 0.5) is 0 Å². The van der Waals surface area contributed by atoms with Crippen molar-refractivity contribution >= 4 is 0 Å². The molecule has 1 atom stereocenters. The molecule has 0 radical (unpaired) electrons. The van der Waals surface area contributed by atoms with Crippen molar-refractivity contribution in [1.82, 2.24) is 5.32 Å². The molecule has 0 amide bonds. The third kappa shape index (κ3) is 3.66. The van der Waals surface area contributed by atoms with E-state index in [-0.39, 0.29) is 5.41 Å². The van der Waals surface area contributed by atoms with Crippen LogP contribution >= 0.6 is 0 Å². The smallest absolute Gasteiger partial charge is 0.161 e. The second-order valence-electron chi connectivity index (χ2n) is 6.26. The van der Waals surface area contributed by atoms with Gasteiger partial charge in [0.1, 0.15) is 0 Å². The first-order chi connectivity index (χ1) is 9.53. The molecule has 20 heavy (non-hydrogen) atoms. The molecule has 1 aromatic carbocycles. The maximum atomic E-state index is 5.80. The first-order valence-electron chi connectivity index (χ1n) is 7.66. The standard InChI is InChI=1S/C17H27NO2/c1-5-18-13(2)12-17(3,4)14-7-8-15-16(11-14)20-10-6-9-19-15/h7-8,11,13,18H,5-6,9-10,12H2,1-4H3. The van der Waals surface area contributed by atoms with Gasteiger partial charge in [0.2, 0.25) is 0 Å². The summed E-state index contributed by atoms with van der Waals surface area (Å²) in [5, 5.41) is 3.49. The van der Waals surface area contributed by atoms with Gasteiger partial charge in [-0.25, -0.2) is 0 Å². The monoisotopic (exact) mass is 277 g/mol. The SMILES string of the molecule is CCNC(C)CC(C)(C)c1ccc2c(c1)OCCCO2. The van der Waals surface area contributed by atoms with E-state index in [2.05, 4.69) is 51.2 Å². The van der Waals surface area contributed by atoms with E-state index in [0.29, 0.717) is 6.04 Å². The third-order valence-corrected chi connectivity index (χ3v) is 3.90. The van der Waals surface area contributed by atoms with Gasteiger partial charge in [0.25, 0.3) is 0 Å². The van der Waals surface area contributed by atoms with Gasteiger partial charge < -0.3 is 14.8 Å². The fraction of sp³-hybridized carbons (Fsp3) is 0.647. The normalized spacial score (nSPS) is 16.6. The molecule has 0 aromatic heterocycles. The highest BCUT2D eigenvalue weighted by Crippen LogP contribution is 2.36. The molecule has 0 spiro atoms. The third-order valence-electron chi connectivity index (χ3n) is 3.90. The Morgan fingerprint density at radius 3 is 2.60 bits per heavy atom. The van der Waals surface area contributed by atoms with E-state index in [9.17, 15) is 0 Å². The zero-order valence-corrected chi connectivity index (χ0v) is 13.2. The molecule has 1 aliphatic heterocycles. The Kier molecular flexibility index (Phi) is 4.92. The van der Waals surface area contributed by atoms with Crippen LogP contribution in [0, 0.1) is 0 Å². The predicted molar refractivity (Wildman–Crippen MR) is 82.8 cm³/mol.